The molecule has 0 spiro atoms. The van der Waals surface area contributed by atoms with Crippen LogP contribution in [-0.2, 0) is 4.79 Å². The predicted molar refractivity (Wildman–Crippen MR) is 66.5 cm³/mol. The summed E-state index contributed by atoms with van der Waals surface area (Å²) in [7, 11) is 0. The van der Waals surface area contributed by atoms with E-state index in [-0.39, 0.29) is 18.2 Å². The summed E-state index contributed by atoms with van der Waals surface area (Å²) >= 11 is 1.34. The van der Waals surface area contributed by atoms with Gasteiger partial charge in [-0.3, -0.25) is 9.59 Å². The Kier molecular flexibility index (Phi) is 3.73. The van der Waals surface area contributed by atoms with Crippen molar-refractivity contribution in [3.05, 3.63) is 35.2 Å². The molecule has 2 rings (SSSR count). The molecule has 94 valence electrons. The quantitative estimate of drug-likeness (QED) is 0.875. The van der Waals surface area contributed by atoms with Gasteiger partial charge in [0.1, 0.15) is 0 Å². The van der Waals surface area contributed by atoms with Crippen molar-refractivity contribution in [3.63, 3.8) is 0 Å². The number of carbonyl (C=O) groups excluding carboxylic acids is 2. The van der Waals surface area contributed by atoms with Gasteiger partial charge in [-0.15, -0.1) is 11.3 Å². The third-order valence-electron chi connectivity index (χ3n) is 2.02. The summed E-state index contributed by atoms with van der Waals surface area (Å²) in [6.45, 7) is 1.71. The van der Waals surface area contributed by atoms with Crippen molar-refractivity contribution in [1.29, 1.82) is 0 Å². The van der Waals surface area contributed by atoms with Crippen LogP contribution in [0.5, 0.6) is 0 Å². The van der Waals surface area contributed by atoms with Gasteiger partial charge in [0, 0.05) is 5.38 Å². The van der Waals surface area contributed by atoms with Crippen molar-refractivity contribution >= 4 is 28.3 Å². The Morgan fingerprint density at radius 3 is 2.94 bits per heavy atom. The molecule has 0 aromatic carbocycles. The molecule has 0 aliphatic carbocycles. The minimum absolute atomic E-state index is 0.127. The number of amides is 2. The first kappa shape index (κ1) is 12.3. The maximum atomic E-state index is 11.5. The van der Waals surface area contributed by atoms with Crippen molar-refractivity contribution in [1.82, 2.24) is 10.3 Å². The Hall–Kier alpha value is -2.15. The largest absolute Gasteiger partial charge is 0.459 e. The predicted octanol–water partition coefficient (Wildman–Crippen LogP) is 1.41. The highest BCUT2D eigenvalue weighted by molar-refractivity contribution is 7.13. The minimum atomic E-state index is -0.425. The van der Waals surface area contributed by atoms with Gasteiger partial charge in [-0.25, -0.2) is 4.98 Å². The Labute approximate surface area is 107 Å². The van der Waals surface area contributed by atoms with Crippen molar-refractivity contribution in [2.75, 3.05) is 11.9 Å². The van der Waals surface area contributed by atoms with E-state index < -0.39 is 5.91 Å². The second-order valence-corrected chi connectivity index (χ2v) is 4.36. The highest BCUT2D eigenvalue weighted by Crippen LogP contribution is 2.13. The summed E-state index contributed by atoms with van der Waals surface area (Å²) in [4.78, 5) is 27.1. The lowest BCUT2D eigenvalue weighted by molar-refractivity contribution is -0.115. The van der Waals surface area contributed by atoms with Crippen LogP contribution in [0.3, 0.4) is 0 Å². The third kappa shape index (κ3) is 3.17. The Morgan fingerprint density at radius 1 is 1.50 bits per heavy atom. The van der Waals surface area contributed by atoms with E-state index >= 15 is 0 Å². The van der Waals surface area contributed by atoms with E-state index in [0.717, 1.165) is 5.69 Å². The van der Waals surface area contributed by atoms with Crippen LogP contribution in [-0.4, -0.2) is 23.3 Å². The van der Waals surface area contributed by atoms with Gasteiger partial charge < -0.3 is 15.1 Å². The fourth-order valence-electron chi connectivity index (χ4n) is 1.23. The Balaban J connectivity index is 1.80. The molecule has 0 unspecified atom stereocenters. The molecule has 2 aromatic heterocycles. The number of carbonyl (C=O) groups is 2. The second-order valence-electron chi connectivity index (χ2n) is 3.50. The monoisotopic (exact) mass is 265 g/mol. The molecule has 0 aliphatic heterocycles. The van der Waals surface area contributed by atoms with E-state index in [1.807, 2.05) is 12.3 Å². The number of nitrogens with one attached hydrogen (secondary N) is 2. The zero-order chi connectivity index (χ0) is 13.0. The molecular formula is C11H11N3O3S. The molecule has 18 heavy (non-hydrogen) atoms. The van der Waals surface area contributed by atoms with Crippen LogP contribution in [0.4, 0.5) is 5.13 Å². The molecule has 0 radical (unpaired) electrons. The lowest BCUT2D eigenvalue weighted by Crippen LogP contribution is -2.32. The molecule has 2 N–H and O–H groups in total. The third-order valence-corrected chi connectivity index (χ3v) is 2.90. The minimum Gasteiger partial charge on any atom is -0.459 e. The molecule has 0 atom stereocenters. The van der Waals surface area contributed by atoms with Crippen molar-refractivity contribution in [2.24, 2.45) is 0 Å². The lowest BCUT2D eigenvalue weighted by atomic mass is 10.4. The molecule has 6 nitrogen and oxygen atoms in total. The maximum Gasteiger partial charge on any atom is 0.287 e. The van der Waals surface area contributed by atoms with Gasteiger partial charge >= 0.3 is 0 Å². The van der Waals surface area contributed by atoms with E-state index in [1.54, 1.807) is 6.07 Å². The van der Waals surface area contributed by atoms with Gasteiger partial charge in [0.15, 0.2) is 10.9 Å². The number of anilines is 1. The summed E-state index contributed by atoms with van der Waals surface area (Å²) in [6, 6.07) is 3.13. The normalized spacial score (nSPS) is 10.1. The van der Waals surface area contributed by atoms with Gasteiger partial charge in [-0.2, -0.15) is 0 Å². The SMILES string of the molecule is Cc1csc(NC(=O)CNC(=O)c2ccco2)n1. The smallest absolute Gasteiger partial charge is 0.287 e. The van der Waals surface area contributed by atoms with Crippen LogP contribution in [0.15, 0.2) is 28.2 Å². The number of nitrogens with zero attached hydrogens (tertiary/aromatic N) is 1. The van der Waals surface area contributed by atoms with Gasteiger partial charge in [0.25, 0.3) is 5.91 Å². The number of hydrogen-bond donors (Lipinski definition) is 2. The van der Waals surface area contributed by atoms with Crippen LogP contribution in [0.25, 0.3) is 0 Å². The molecule has 2 aromatic rings. The molecule has 0 saturated carbocycles. The van der Waals surface area contributed by atoms with Gasteiger partial charge in [0.2, 0.25) is 5.91 Å². The number of thiazole rings is 1. The van der Waals surface area contributed by atoms with Crippen LogP contribution in [0, 0.1) is 6.92 Å². The van der Waals surface area contributed by atoms with E-state index in [1.165, 1.54) is 23.7 Å². The molecule has 0 aliphatic rings. The fraction of sp³-hybridized carbons (Fsp3) is 0.182. The number of furan rings is 1. The van der Waals surface area contributed by atoms with Gasteiger partial charge in [-0.05, 0) is 19.1 Å². The first-order chi connectivity index (χ1) is 8.65. The maximum absolute atomic E-state index is 11.5. The van der Waals surface area contributed by atoms with Crippen molar-refractivity contribution in [2.45, 2.75) is 6.92 Å². The average molecular weight is 265 g/mol. The molecular weight excluding hydrogens is 254 g/mol. The van der Waals surface area contributed by atoms with E-state index in [2.05, 4.69) is 15.6 Å². The van der Waals surface area contributed by atoms with Gasteiger partial charge in [-0.1, -0.05) is 0 Å². The van der Waals surface area contributed by atoms with Crippen LogP contribution >= 0.6 is 11.3 Å². The molecule has 0 saturated heterocycles. The Bertz CT molecular complexity index is 548. The standard InChI is InChI=1S/C11H11N3O3S/c1-7-6-18-11(13-7)14-9(15)5-12-10(16)8-3-2-4-17-8/h2-4,6H,5H2,1H3,(H,12,16)(H,13,14,15). The van der Waals surface area contributed by atoms with Crippen LogP contribution < -0.4 is 10.6 Å². The van der Waals surface area contributed by atoms with Crippen molar-refractivity contribution < 1.29 is 14.0 Å². The summed E-state index contributed by atoms with van der Waals surface area (Å²) in [5, 5.41) is 7.38. The molecule has 0 bridgehead atoms. The first-order valence-electron chi connectivity index (χ1n) is 5.19. The number of aryl methyl sites for hydroxylation is 1. The summed E-state index contributed by atoms with van der Waals surface area (Å²) < 4.78 is 4.90. The zero-order valence-corrected chi connectivity index (χ0v) is 10.4. The molecule has 7 heteroatoms. The molecule has 2 heterocycles. The summed E-state index contributed by atoms with van der Waals surface area (Å²) in [6.07, 6.45) is 1.40. The summed E-state index contributed by atoms with van der Waals surface area (Å²) in [5.41, 5.74) is 0.843. The van der Waals surface area contributed by atoms with E-state index in [4.69, 9.17) is 4.42 Å². The number of rotatable bonds is 4. The first-order valence-corrected chi connectivity index (χ1v) is 6.07. The molecule has 0 fully saturated rings. The van der Waals surface area contributed by atoms with Crippen molar-refractivity contribution in [3.8, 4) is 0 Å². The molecule has 2 amide bonds. The number of hydrogen-bond acceptors (Lipinski definition) is 5. The fourth-order valence-corrected chi connectivity index (χ4v) is 1.93. The second kappa shape index (κ2) is 5.46. The highest BCUT2D eigenvalue weighted by atomic mass is 32.1. The van der Waals surface area contributed by atoms with E-state index in [9.17, 15) is 9.59 Å². The number of aromatic nitrogens is 1. The van der Waals surface area contributed by atoms with Crippen LogP contribution in [0.2, 0.25) is 0 Å². The van der Waals surface area contributed by atoms with Crippen LogP contribution in [0.1, 0.15) is 16.2 Å². The highest BCUT2D eigenvalue weighted by Gasteiger charge is 2.10. The average Bonchev–Trinajstić information content (AvgIpc) is 2.97. The van der Waals surface area contributed by atoms with Gasteiger partial charge in [0.05, 0.1) is 18.5 Å². The Morgan fingerprint density at radius 2 is 2.33 bits per heavy atom. The zero-order valence-electron chi connectivity index (χ0n) is 9.60. The lowest BCUT2D eigenvalue weighted by Gasteiger charge is -2.02. The van der Waals surface area contributed by atoms with E-state index in [0.29, 0.717) is 5.13 Å². The topological polar surface area (TPSA) is 84.2 Å². The summed E-state index contributed by atoms with van der Waals surface area (Å²) in [5.74, 6) is -0.581.